The van der Waals surface area contributed by atoms with E-state index in [4.69, 9.17) is 5.53 Å². The highest BCUT2D eigenvalue weighted by Gasteiger charge is 2.23. The Morgan fingerprint density at radius 2 is 2.14 bits per heavy atom. The molecule has 1 rings (SSSR count). The summed E-state index contributed by atoms with van der Waals surface area (Å²) >= 11 is 0. The zero-order valence-electron chi connectivity index (χ0n) is 8.31. The summed E-state index contributed by atoms with van der Waals surface area (Å²) in [7, 11) is 0. The van der Waals surface area contributed by atoms with E-state index in [0.717, 1.165) is 11.1 Å². The van der Waals surface area contributed by atoms with E-state index in [9.17, 15) is 5.11 Å². The average molecular weight is 191 g/mol. The van der Waals surface area contributed by atoms with Gasteiger partial charge in [-0.25, -0.2) is 0 Å². The summed E-state index contributed by atoms with van der Waals surface area (Å²) in [4.78, 5) is 2.64. The Labute approximate surface area is 82.8 Å². The van der Waals surface area contributed by atoms with Gasteiger partial charge in [-0.2, -0.15) is 0 Å². The third-order valence-electron chi connectivity index (χ3n) is 2.17. The van der Waals surface area contributed by atoms with E-state index in [0.29, 0.717) is 0 Å². The number of rotatable bonds is 3. The molecule has 0 saturated carbocycles. The number of hydrogen-bond acceptors (Lipinski definition) is 2. The van der Waals surface area contributed by atoms with Crippen LogP contribution in [0.2, 0.25) is 0 Å². The van der Waals surface area contributed by atoms with Crippen LogP contribution in [0.15, 0.2) is 29.4 Å². The molecule has 0 aromatic heterocycles. The van der Waals surface area contributed by atoms with Gasteiger partial charge in [0.1, 0.15) is 0 Å². The van der Waals surface area contributed by atoms with Crippen molar-refractivity contribution in [2.24, 2.45) is 5.11 Å². The van der Waals surface area contributed by atoms with Crippen molar-refractivity contribution in [2.75, 3.05) is 6.54 Å². The monoisotopic (exact) mass is 191 g/mol. The Morgan fingerprint density at radius 1 is 1.50 bits per heavy atom. The summed E-state index contributed by atoms with van der Waals surface area (Å²) in [6, 6.07) is 7.51. The summed E-state index contributed by atoms with van der Waals surface area (Å²) in [6.45, 7) is 3.61. The van der Waals surface area contributed by atoms with Crippen LogP contribution in [0.4, 0.5) is 0 Å². The van der Waals surface area contributed by atoms with Gasteiger partial charge in [0.25, 0.3) is 0 Å². The van der Waals surface area contributed by atoms with Crippen LogP contribution in [0.3, 0.4) is 0 Å². The molecule has 0 aliphatic rings. The molecule has 1 unspecified atom stereocenters. The predicted octanol–water partition coefficient (Wildman–Crippen LogP) is 2.51. The van der Waals surface area contributed by atoms with Crippen molar-refractivity contribution in [3.8, 4) is 0 Å². The van der Waals surface area contributed by atoms with Gasteiger partial charge in [-0.1, -0.05) is 29.4 Å². The smallest absolute Gasteiger partial charge is 0.0927 e. The van der Waals surface area contributed by atoms with Crippen molar-refractivity contribution in [2.45, 2.75) is 19.4 Å². The predicted molar refractivity (Wildman–Crippen MR) is 54.8 cm³/mol. The molecule has 1 N–H and O–H groups in total. The van der Waals surface area contributed by atoms with Crippen molar-refractivity contribution in [3.63, 3.8) is 0 Å². The lowest BCUT2D eigenvalue weighted by molar-refractivity contribution is 0.0663. The maximum atomic E-state index is 10.0. The fourth-order valence-corrected chi connectivity index (χ4v) is 1.43. The van der Waals surface area contributed by atoms with Crippen molar-refractivity contribution in [1.29, 1.82) is 0 Å². The number of hydrogen-bond donors (Lipinski definition) is 1. The van der Waals surface area contributed by atoms with E-state index < -0.39 is 5.60 Å². The Hall–Kier alpha value is -1.51. The first kappa shape index (κ1) is 10.6. The molecule has 0 aliphatic carbocycles. The van der Waals surface area contributed by atoms with Crippen LogP contribution in [-0.2, 0) is 5.60 Å². The SMILES string of the molecule is Cc1ccccc1C(C)(O)CN=[N+]=[N-]. The normalized spacial score (nSPS) is 14.2. The van der Waals surface area contributed by atoms with Gasteiger partial charge >= 0.3 is 0 Å². The second kappa shape index (κ2) is 4.13. The number of nitrogens with zero attached hydrogens (tertiary/aromatic N) is 3. The molecule has 0 spiro atoms. The van der Waals surface area contributed by atoms with Crippen molar-refractivity contribution >= 4 is 0 Å². The fraction of sp³-hybridized carbons (Fsp3) is 0.400. The van der Waals surface area contributed by atoms with Crippen molar-refractivity contribution in [1.82, 2.24) is 0 Å². The first-order valence-electron chi connectivity index (χ1n) is 4.37. The second-order valence-corrected chi connectivity index (χ2v) is 3.48. The van der Waals surface area contributed by atoms with Crippen LogP contribution < -0.4 is 0 Å². The molecule has 0 amide bonds. The molecule has 0 saturated heterocycles. The zero-order valence-corrected chi connectivity index (χ0v) is 8.31. The Morgan fingerprint density at radius 3 is 2.71 bits per heavy atom. The zero-order chi connectivity index (χ0) is 10.6. The third-order valence-corrected chi connectivity index (χ3v) is 2.17. The van der Waals surface area contributed by atoms with Crippen LogP contribution in [0, 0.1) is 6.92 Å². The minimum Gasteiger partial charge on any atom is -0.385 e. The molecule has 0 aliphatic heterocycles. The van der Waals surface area contributed by atoms with Crippen LogP contribution in [0.25, 0.3) is 10.4 Å². The van der Waals surface area contributed by atoms with Crippen LogP contribution in [-0.4, -0.2) is 11.7 Å². The highest BCUT2D eigenvalue weighted by molar-refractivity contribution is 5.30. The maximum Gasteiger partial charge on any atom is 0.0927 e. The van der Waals surface area contributed by atoms with Crippen LogP contribution in [0.1, 0.15) is 18.1 Å². The molecule has 1 aromatic rings. The minimum atomic E-state index is -1.09. The van der Waals surface area contributed by atoms with Crippen LogP contribution >= 0.6 is 0 Å². The summed E-state index contributed by atoms with van der Waals surface area (Å²) in [5.41, 5.74) is 8.90. The maximum absolute atomic E-state index is 10.0. The number of benzene rings is 1. The Bertz CT molecular complexity index is 367. The van der Waals surface area contributed by atoms with Gasteiger partial charge in [-0.15, -0.1) is 0 Å². The molecule has 4 nitrogen and oxygen atoms in total. The van der Waals surface area contributed by atoms with Gasteiger partial charge in [-0.3, -0.25) is 0 Å². The van der Waals surface area contributed by atoms with Gasteiger partial charge < -0.3 is 5.11 Å². The molecule has 1 atom stereocenters. The first-order valence-corrected chi connectivity index (χ1v) is 4.37. The van der Waals surface area contributed by atoms with Gasteiger partial charge in [-0.05, 0) is 30.5 Å². The molecule has 4 heteroatoms. The molecule has 0 radical (unpaired) electrons. The number of aliphatic hydroxyl groups is 1. The molecule has 74 valence electrons. The summed E-state index contributed by atoms with van der Waals surface area (Å²) in [5.74, 6) is 0. The summed E-state index contributed by atoms with van der Waals surface area (Å²) < 4.78 is 0. The second-order valence-electron chi connectivity index (χ2n) is 3.48. The lowest BCUT2D eigenvalue weighted by atomic mass is 9.92. The Balaban J connectivity index is 3.02. The molecule has 0 bridgehead atoms. The lowest BCUT2D eigenvalue weighted by Gasteiger charge is -2.23. The van der Waals surface area contributed by atoms with E-state index in [1.165, 1.54) is 0 Å². The quantitative estimate of drug-likeness (QED) is 0.445. The van der Waals surface area contributed by atoms with E-state index in [2.05, 4.69) is 10.0 Å². The van der Waals surface area contributed by atoms with E-state index in [-0.39, 0.29) is 6.54 Å². The first-order chi connectivity index (χ1) is 6.58. The van der Waals surface area contributed by atoms with Gasteiger partial charge in [0, 0.05) is 4.91 Å². The molecular formula is C10H13N3O. The summed E-state index contributed by atoms with van der Waals surface area (Å²) in [5, 5.41) is 13.4. The molecular weight excluding hydrogens is 178 g/mol. The highest BCUT2D eigenvalue weighted by atomic mass is 16.3. The van der Waals surface area contributed by atoms with Gasteiger partial charge in [0.05, 0.1) is 12.1 Å². The topological polar surface area (TPSA) is 69.0 Å². The average Bonchev–Trinajstić information content (AvgIpc) is 2.15. The molecule has 14 heavy (non-hydrogen) atoms. The highest BCUT2D eigenvalue weighted by Crippen LogP contribution is 2.23. The van der Waals surface area contributed by atoms with Gasteiger partial charge in [0.15, 0.2) is 0 Å². The third kappa shape index (κ3) is 2.25. The Kier molecular flexibility index (Phi) is 3.12. The van der Waals surface area contributed by atoms with E-state index in [1.807, 2.05) is 31.2 Å². The summed E-state index contributed by atoms with van der Waals surface area (Å²) in [6.07, 6.45) is 0. The fourth-order valence-electron chi connectivity index (χ4n) is 1.43. The van der Waals surface area contributed by atoms with Crippen LogP contribution in [0.5, 0.6) is 0 Å². The molecule has 0 heterocycles. The van der Waals surface area contributed by atoms with Gasteiger partial charge in [0.2, 0.25) is 0 Å². The van der Waals surface area contributed by atoms with E-state index in [1.54, 1.807) is 6.92 Å². The largest absolute Gasteiger partial charge is 0.385 e. The number of aryl methyl sites for hydroxylation is 1. The number of azide groups is 1. The standard InChI is InChI=1S/C10H13N3O/c1-8-5-3-4-6-9(8)10(2,14)7-12-13-11/h3-6,14H,7H2,1-2H3. The lowest BCUT2D eigenvalue weighted by Crippen LogP contribution is -2.25. The van der Waals surface area contributed by atoms with Crippen molar-refractivity contribution in [3.05, 3.63) is 45.8 Å². The van der Waals surface area contributed by atoms with E-state index >= 15 is 0 Å². The minimum absolute atomic E-state index is 0.0500. The molecule has 1 aromatic carbocycles. The molecule has 0 fully saturated rings. The van der Waals surface area contributed by atoms with Crippen molar-refractivity contribution < 1.29 is 5.11 Å².